The van der Waals surface area contributed by atoms with Crippen LogP contribution in [0.4, 0.5) is 4.79 Å². The highest BCUT2D eigenvalue weighted by molar-refractivity contribution is 7.91. The van der Waals surface area contributed by atoms with Gasteiger partial charge in [0.25, 0.3) is 5.91 Å². The first-order valence-corrected chi connectivity index (χ1v) is 18.6. The number of pyridine rings is 1. The largest absolute Gasteiger partial charge is 0.486 e. The molecule has 1 aromatic heterocycles. The summed E-state index contributed by atoms with van der Waals surface area (Å²) in [5.41, 5.74) is -2.13. The standard InChI is InChI=1S/C36H45N5O9S/c1-7-22-18-36(22,32(44)40-51(46,47)25-13-14-25)39-30(42)26-17-24-19-41(26)31(43)29(34(2,3)4)38-33(45)48-20-35(5,6)50-23-11-8-10-21(16-23)28-27(49-24)12-9-15-37-28/h7-12,15-16,22,24-26,29H,1,13-14,17-20H2,2-6H3,(H,38,45)(H,39,42)(H,40,44)/t22-,24?,26+,29-,36?/m1/s1. The molecule has 51 heavy (non-hydrogen) atoms. The second-order valence-electron chi connectivity index (χ2n) is 15.4. The van der Waals surface area contributed by atoms with E-state index in [1.54, 1.807) is 65.1 Å². The molecule has 3 fully saturated rings. The summed E-state index contributed by atoms with van der Waals surface area (Å²) < 4.78 is 45.7. The molecule has 2 aliphatic heterocycles. The third-order valence-corrected chi connectivity index (χ3v) is 11.4. The summed E-state index contributed by atoms with van der Waals surface area (Å²) in [5.74, 6) is -1.67. The molecule has 2 unspecified atom stereocenters. The molecule has 3 N–H and O–H groups in total. The second kappa shape index (κ2) is 13.1. The fourth-order valence-corrected chi connectivity index (χ4v) is 7.91. The number of fused-ring (bicyclic) bond motifs is 6. The fourth-order valence-electron chi connectivity index (χ4n) is 6.54. The lowest BCUT2D eigenvalue weighted by atomic mass is 9.85. The van der Waals surface area contributed by atoms with Crippen LogP contribution < -0.4 is 24.8 Å². The highest BCUT2D eigenvalue weighted by atomic mass is 32.2. The number of nitrogens with zero attached hydrogens (tertiary/aromatic N) is 2. The number of amides is 4. The fraction of sp³-hybridized carbons (Fsp3) is 0.528. The first-order chi connectivity index (χ1) is 23.9. The predicted molar refractivity (Wildman–Crippen MR) is 186 cm³/mol. The number of hydrogen-bond donors (Lipinski definition) is 3. The van der Waals surface area contributed by atoms with Crippen LogP contribution in [0.25, 0.3) is 11.3 Å². The van der Waals surface area contributed by atoms with Crippen LogP contribution >= 0.6 is 0 Å². The molecule has 2 aromatic rings. The van der Waals surface area contributed by atoms with Crippen LogP contribution in [0.15, 0.2) is 55.3 Å². The van der Waals surface area contributed by atoms with Gasteiger partial charge in [0.1, 0.15) is 53.1 Å². The smallest absolute Gasteiger partial charge is 0.407 e. The number of sulfonamides is 1. The first kappa shape index (κ1) is 36.1. The molecule has 0 radical (unpaired) electrons. The number of carbonyl (C=O) groups is 4. The molecular formula is C36H45N5O9S. The topological polar surface area (TPSA) is 182 Å². The number of ether oxygens (including phenoxy) is 3. The van der Waals surface area contributed by atoms with Crippen LogP contribution in [-0.2, 0) is 29.1 Å². The SMILES string of the molecule is C=C[C@@H]1CC1(NC(=O)[C@@H]1CC2CN1C(=O)[C@H](C(C)(C)C)NC(=O)OCC(C)(C)Oc1cccc(c1)-c1ncccc1O2)C(=O)NS(=O)(=O)C1CC1. The van der Waals surface area contributed by atoms with Crippen molar-refractivity contribution in [2.75, 3.05) is 13.2 Å². The van der Waals surface area contributed by atoms with Gasteiger partial charge in [-0.2, -0.15) is 0 Å². The molecule has 2 aliphatic carbocycles. The lowest BCUT2D eigenvalue weighted by Crippen LogP contribution is -2.60. The van der Waals surface area contributed by atoms with E-state index in [2.05, 4.69) is 26.9 Å². The number of nitrogens with one attached hydrogen (secondary N) is 3. The Morgan fingerprint density at radius 3 is 2.55 bits per heavy atom. The van der Waals surface area contributed by atoms with Gasteiger partial charge in [0.2, 0.25) is 21.8 Å². The lowest BCUT2D eigenvalue weighted by molar-refractivity contribution is -0.142. The van der Waals surface area contributed by atoms with Crippen LogP contribution in [0.5, 0.6) is 11.5 Å². The minimum absolute atomic E-state index is 0.0292. The van der Waals surface area contributed by atoms with Gasteiger partial charge in [-0.15, -0.1) is 6.58 Å². The van der Waals surface area contributed by atoms with Gasteiger partial charge in [-0.25, -0.2) is 13.2 Å². The van der Waals surface area contributed by atoms with Crippen molar-refractivity contribution in [1.82, 2.24) is 25.2 Å². The molecule has 0 spiro atoms. The molecule has 1 aromatic carbocycles. The summed E-state index contributed by atoms with van der Waals surface area (Å²) in [5, 5.41) is 4.85. The summed E-state index contributed by atoms with van der Waals surface area (Å²) in [6.45, 7) is 12.4. The van der Waals surface area contributed by atoms with Crippen molar-refractivity contribution >= 4 is 33.8 Å². The van der Waals surface area contributed by atoms with Crippen LogP contribution in [0.3, 0.4) is 0 Å². The zero-order valence-electron chi connectivity index (χ0n) is 29.4. The Hall–Kier alpha value is -4.66. The van der Waals surface area contributed by atoms with Crippen molar-refractivity contribution in [3.63, 3.8) is 0 Å². The van der Waals surface area contributed by atoms with Crippen molar-refractivity contribution < 1.29 is 41.8 Å². The normalized spacial score (nSPS) is 27.7. The molecule has 4 aliphatic rings. The Balaban J connectivity index is 1.35. The molecule has 6 rings (SSSR count). The Morgan fingerprint density at radius 2 is 1.88 bits per heavy atom. The summed E-state index contributed by atoms with van der Waals surface area (Å²) in [6, 6.07) is 8.42. The van der Waals surface area contributed by atoms with Crippen molar-refractivity contribution in [2.45, 2.75) is 94.9 Å². The Kier molecular flexibility index (Phi) is 9.32. The van der Waals surface area contributed by atoms with E-state index in [1.807, 2.05) is 12.1 Å². The van der Waals surface area contributed by atoms with E-state index in [-0.39, 0.29) is 26.0 Å². The maximum atomic E-state index is 14.5. The quantitative estimate of drug-likeness (QED) is 0.375. The van der Waals surface area contributed by atoms with E-state index in [1.165, 1.54) is 11.0 Å². The average molecular weight is 724 g/mol. The van der Waals surface area contributed by atoms with Crippen molar-refractivity contribution in [3.05, 3.63) is 55.3 Å². The third-order valence-electron chi connectivity index (χ3n) is 9.59. The number of alkyl carbamates (subject to hydrolysis) is 1. The summed E-state index contributed by atoms with van der Waals surface area (Å²) in [4.78, 5) is 61.3. The van der Waals surface area contributed by atoms with Gasteiger partial charge in [0, 0.05) is 24.1 Å². The van der Waals surface area contributed by atoms with Crippen LogP contribution in [0.2, 0.25) is 0 Å². The van der Waals surface area contributed by atoms with Gasteiger partial charge in [0.15, 0.2) is 0 Å². The molecule has 4 amide bonds. The van der Waals surface area contributed by atoms with Gasteiger partial charge in [-0.3, -0.25) is 24.1 Å². The number of hydrogen-bond acceptors (Lipinski definition) is 10. The lowest BCUT2D eigenvalue weighted by Gasteiger charge is -2.35. The van der Waals surface area contributed by atoms with Crippen molar-refractivity contribution in [3.8, 4) is 22.8 Å². The molecule has 274 valence electrons. The number of benzene rings is 1. The minimum Gasteiger partial charge on any atom is -0.486 e. The molecule has 2 saturated carbocycles. The molecule has 15 heteroatoms. The molecule has 1 saturated heterocycles. The van der Waals surface area contributed by atoms with E-state index < -0.39 is 79.7 Å². The number of carbonyl (C=O) groups excluding carboxylic acids is 4. The molecular weight excluding hydrogens is 678 g/mol. The molecule has 3 heterocycles. The monoisotopic (exact) mass is 723 g/mol. The van der Waals surface area contributed by atoms with Gasteiger partial charge >= 0.3 is 6.09 Å². The summed E-state index contributed by atoms with van der Waals surface area (Å²) in [7, 11) is -3.90. The van der Waals surface area contributed by atoms with Crippen LogP contribution in [0.1, 0.15) is 60.3 Å². The average Bonchev–Trinajstić information content (AvgIpc) is 3.98. The zero-order chi connectivity index (χ0) is 36.9. The maximum Gasteiger partial charge on any atom is 0.407 e. The molecule has 5 atom stereocenters. The summed E-state index contributed by atoms with van der Waals surface area (Å²) >= 11 is 0. The zero-order valence-corrected chi connectivity index (χ0v) is 30.2. The Labute approximate surface area is 297 Å². The van der Waals surface area contributed by atoms with E-state index in [9.17, 15) is 27.6 Å². The Bertz CT molecular complexity index is 1850. The molecule has 4 bridgehead atoms. The number of cyclic esters (lactones) is 1. The number of rotatable bonds is 6. The van der Waals surface area contributed by atoms with Crippen molar-refractivity contribution in [2.24, 2.45) is 11.3 Å². The van der Waals surface area contributed by atoms with Gasteiger partial charge in [-0.1, -0.05) is 39.0 Å². The van der Waals surface area contributed by atoms with Crippen LogP contribution in [-0.4, -0.2) is 89.8 Å². The van der Waals surface area contributed by atoms with Crippen LogP contribution in [0, 0.1) is 11.3 Å². The van der Waals surface area contributed by atoms with Gasteiger partial charge < -0.3 is 29.7 Å². The summed E-state index contributed by atoms with van der Waals surface area (Å²) in [6.07, 6.45) is 2.66. The predicted octanol–water partition coefficient (Wildman–Crippen LogP) is 3.08. The first-order valence-electron chi connectivity index (χ1n) is 17.1. The van der Waals surface area contributed by atoms with Gasteiger partial charge in [-0.05, 0) is 62.8 Å². The third kappa shape index (κ3) is 7.67. The molecule has 14 nitrogen and oxygen atoms in total. The van der Waals surface area contributed by atoms with E-state index >= 15 is 0 Å². The van der Waals surface area contributed by atoms with E-state index in [0.717, 1.165) is 0 Å². The van der Waals surface area contributed by atoms with E-state index in [0.29, 0.717) is 35.6 Å². The number of aromatic nitrogens is 1. The van der Waals surface area contributed by atoms with Gasteiger partial charge in [0.05, 0.1) is 11.8 Å². The highest BCUT2D eigenvalue weighted by Crippen LogP contribution is 2.45. The van der Waals surface area contributed by atoms with E-state index in [4.69, 9.17) is 14.2 Å². The van der Waals surface area contributed by atoms with Crippen molar-refractivity contribution in [1.29, 1.82) is 0 Å². The minimum atomic E-state index is -3.90. The maximum absolute atomic E-state index is 14.5. The highest BCUT2D eigenvalue weighted by Gasteiger charge is 2.62. The second-order valence-corrected chi connectivity index (χ2v) is 17.4. The Morgan fingerprint density at radius 1 is 1.14 bits per heavy atom.